The summed E-state index contributed by atoms with van der Waals surface area (Å²) in [6.45, 7) is 3.86. The van der Waals surface area contributed by atoms with E-state index in [1.54, 1.807) is 18.3 Å². The van der Waals surface area contributed by atoms with Crippen molar-refractivity contribution in [2.45, 2.75) is 13.8 Å². The highest BCUT2D eigenvalue weighted by molar-refractivity contribution is 6.30. The molecule has 4 heteroatoms. The molecule has 0 unspecified atom stereocenters. The maximum atomic E-state index is 11.3. The summed E-state index contributed by atoms with van der Waals surface area (Å²) in [6, 6.07) is 10.9. The lowest BCUT2D eigenvalue weighted by molar-refractivity contribution is 0.0697. The number of benzene rings is 2. The van der Waals surface area contributed by atoms with Gasteiger partial charge in [0.2, 0.25) is 0 Å². The van der Waals surface area contributed by atoms with Gasteiger partial charge >= 0.3 is 5.97 Å². The number of aromatic carboxylic acids is 1. The van der Waals surface area contributed by atoms with Crippen LogP contribution in [-0.2, 0) is 0 Å². The van der Waals surface area contributed by atoms with Crippen LogP contribution in [0.4, 0.5) is 0 Å². The third-order valence-corrected chi connectivity index (χ3v) is 4.00. The zero-order valence-corrected chi connectivity index (χ0v) is 13.0. The fraction of sp³-hybridized carbons (Fsp3) is 0.111. The summed E-state index contributed by atoms with van der Waals surface area (Å²) >= 11 is 6.02. The normalized spacial score (nSPS) is 10.9. The molecule has 1 aromatic heterocycles. The molecule has 0 saturated carbocycles. The van der Waals surface area contributed by atoms with Crippen molar-refractivity contribution in [1.29, 1.82) is 0 Å². The van der Waals surface area contributed by atoms with E-state index in [4.69, 9.17) is 11.6 Å². The smallest absolute Gasteiger partial charge is 0.335 e. The molecule has 0 fully saturated rings. The number of carbonyl (C=O) groups is 1. The lowest BCUT2D eigenvalue weighted by Crippen LogP contribution is -1.98. The van der Waals surface area contributed by atoms with Gasteiger partial charge in [-0.3, -0.25) is 4.98 Å². The summed E-state index contributed by atoms with van der Waals surface area (Å²) in [4.78, 5) is 15.7. The summed E-state index contributed by atoms with van der Waals surface area (Å²) < 4.78 is 0. The molecule has 0 bridgehead atoms. The molecule has 2 aromatic carbocycles. The number of rotatable bonds is 2. The van der Waals surface area contributed by atoms with Gasteiger partial charge in [-0.05, 0) is 66.4 Å². The molecule has 22 heavy (non-hydrogen) atoms. The van der Waals surface area contributed by atoms with E-state index in [1.165, 1.54) is 0 Å². The van der Waals surface area contributed by atoms with E-state index in [1.807, 2.05) is 38.1 Å². The number of pyridine rings is 1. The van der Waals surface area contributed by atoms with Crippen LogP contribution in [0, 0.1) is 13.8 Å². The van der Waals surface area contributed by atoms with Gasteiger partial charge < -0.3 is 5.11 Å². The van der Waals surface area contributed by atoms with E-state index in [2.05, 4.69) is 4.98 Å². The number of fused-ring (bicyclic) bond motifs is 1. The van der Waals surface area contributed by atoms with Gasteiger partial charge in [0.25, 0.3) is 0 Å². The highest BCUT2D eigenvalue weighted by atomic mass is 35.5. The van der Waals surface area contributed by atoms with Gasteiger partial charge in [-0.15, -0.1) is 0 Å². The zero-order chi connectivity index (χ0) is 15.9. The minimum Gasteiger partial charge on any atom is -0.478 e. The Morgan fingerprint density at radius 2 is 1.82 bits per heavy atom. The Hall–Kier alpha value is -2.39. The van der Waals surface area contributed by atoms with E-state index in [0.29, 0.717) is 5.02 Å². The molecule has 0 spiro atoms. The second kappa shape index (κ2) is 5.43. The fourth-order valence-electron chi connectivity index (χ4n) is 2.72. The van der Waals surface area contributed by atoms with Gasteiger partial charge in [0.15, 0.2) is 0 Å². The summed E-state index contributed by atoms with van der Waals surface area (Å²) in [7, 11) is 0. The van der Waals surface area contributed by atoms with Gasteiger partial charge in [-0.25, -0.2) is 4.79 Å². The third-order valence-electron chi connectivity index (χ3n) is 3.76. The quantitative estimate of drug-likeness (QED) is 0.734. The average Bonchev–Trinajstić information content (AvgIpc) is 2.47. The lowest BCUT2D eigenvalue weighted by Gasteiger charge is -2.12. The maximum absolute atomic E-state index is 11.3. The Balaban J connectivity index is 2.36. The van der Waals surface area contributed by atoms with E-state index in [9.17, 15) is 9.90 Å². The molecule has 1 N–H and O–H groups in total. The molecule has 0 aliphatic carbocycles. The Morgan fingerprint density at radius 1 is 1.05 bits per heavy atom. The number of aromatic nitrogens is 1. The van der Waals surface area contributed by atoms with Crippen LogP contribution in [0.15, 0.2) is 42.6 Å². The summed E-state index contributed by atoms with van der Waals surface area (Å²) in [5.74, 6) is -0.937. The number of hydrogen-bond donors (Lipinski definition) is 1. The van der Waals surface area contributed by atoms with Crippen LogP contribution in [0.25, 0.3) is 22.0 Å². The van der Waals surface area contributed by atoms with Crippen molar-refractivity contribution in [3.05, 3.63) is 64.3 Å². The first kappa shape index (κ1) is 14.5. The minimum absolute atomic E-state index is 0.269. The average molecular weight is 312 g/mol. The SMILES string of the molecule is Cc1cc(Cl)ccc1-c1ccnc2c(C)cc(C(=O)O)cc12. The first-order chi connectivity index (χ1) is 10.5. The molecule has 3 aromatic rings. The number of nitrogens with zero attached hydrogens (tertiary/aromatic N) is 1. The molecule has 0 atom stereocenters. The third kappa shape index (κ3) is 2.44. The molecule has 0 amide bonds. The second-order valence-electron chi connectivity index (χ2n) is 5.31. The molecule has 0 saturated heterocycles. The molecule has 3 rings (SSSR count). The van der Waals surface area contributed by atoms with Crippen LogP contribution in [0.3, 0.4) is 0 Å². The molecular formula is C18H14ClNO2. The summed E-state index contributed by atoms with van der Waals surface area (Å²) in [5.41, 5.74) is 4.97. The number of halogens is 1. The predicted octanol–water partition coefficient (Wildman–Crippen LogP) is 4.87. The largest absolute Gasteiger partial charge is 0.478 e. The lowest BCUT2D eigenvalue weighted by atomic mass is 9.95. The number of carboxylic acid groups (broad SMARTS) is 1. The Bertz CT molecular complexity index is 903. The Kier molecular flexibility index (Phi) is 3.59. The van der Waals surface area contributed by atoms with Crippen molar-refractivity contribution >= 4 is 28.5 Å². The van der Waals surface area contributed by atoms with Gasteiger partial charge in [0, 0.05) is 16.6 Å². The second-order valence-corrected chi connectivity index (χ2v) is 5.75. The molecule has 1 heterocycles. The van der Waals surface area contributed by atoms with Crippen molar-refractivity contribution in [3.8, 4) is 11.1 Å². The van der Waals surface area contributed by atoms with Crippen LogP contribution < -0.4 is 0 Å². The van der Waals surface area contributed by atoms with Crippen molar-refractivity contribution in [2.75, 3.05) is 0 Å². The highest BCUT2D eigenvalue weighted by Crippen LogP contribution is 2.33. The van der Waals surface area contributed by atoms with E-state index >= 15 is 0 Å². The number of aryl methyl sites for hydroxylation is 2. The molecule has 0 aliphatic heterocycles. The summed E-state index contributed by atoms with van der Waals surface area (Å²) in [5, 5.41) is 10.8. The highest BCUT2D eigenvalue weighted by Gasteiger charge is 2.13. The van der Waals surface area contributed by atoms with E-state index < -0.39 is 5.97 Å². The topological polar surface area (TPSA) is 50.2 Å². The molecule has 110 valence electrons. The van der Waals surface area contributed by atoms with Gasteiger partial charge in [-0.2, -0.15) is 0 Å². The van der Waals surface area contributed by atoms with Crippen LogP contribution in [0.2, 0.25) is 5.02 Å². The molecule has 0 radical (unpaired) electrons. The van der Waals surface area contributed by atoms with Gasteiger partial charge in [0.1, 0.15) is 0 Å². The predicted molar refractivity (Wildman–Crippen MR) is 88.6 cm³/mol. The summed E-state index contributed by atoms with van der Waals surface area (Å²) in [6.07, 6.45) is 1.75. The van der Waals surface area contributed by atoms with E-state index in [0.717, 1.165) is 33.2 Å². The zero-order valence-electron chi connectivity index (χ0n) is 12.2. The Morgan fingerprint density at radius 3 is 2.50 bits per heavy atom. The van der Waals surface area contributed by atoms with Crippen LogP contribution in [0.5, 0.6) is 0 Å². The number of hydrogen-bond acceptors (Lipinski definition) is 2. The van der Waals surface area contributed by atoms with Crippen LogP contribution in [-0.4, -0.2) is 16.1 Å². The van der Waals surface area contributed by atoms with Crippen molar-refractivity contribution in [2.24, 2.45) is 0 Å². The van der Waals surface area contributed by atoms with Gasteiger partial charge in [0.05, 0.1) is 11.1 Å². The van der Waals surface area contributed by atoms with Gasteiger partial charge in [-0.1, -0.05) is 17.7 Å². The van der Waals surface area contributed by atoms with Crippen molar-refractivity contribution in [3.63, 3.8) is 0 Å². The first-order valence-electron chi connectivity index (χ1n) is 6.86. The first-order valence-corrected chi connectivity index (χ1v) is 7.24. The van der Waals surface area contributed by atoms with E-state index in [-0.39, 0.29) is 5.56 Å². The van der Waals surface area contributed by atoms with Crippen LogP contribution >= 0.6 is 11.6 Å². The van der Waals surface area contributed by atoms with Crippen molar-refractivity contribution in [1.82, 2.24) is 4.98 Å². The van der Waals surface area contributed by atoms with Crippen LogP contribution in [0.1, 0.15) is 21.5 Å². The monoisotopic (exact) mass is 311 g/mol. The Labute approximate surface area is 133 Å². The minimum atomic E-state index is -0.937. The maximum Gasteiger partial charge on any atom is 0.335 e. The molecule has 0 aliphatic rings. The molecule has 3 nitrogen and oxygen atoms in total. The molecular weight excluding hydrogens is 298 g/mol. The van der Waals surface area contributed by atoms with Crippen molar-refractivity contribution < 1.29 is 9.90 Å². The standard InChI is InChI=1S/C18H14ClNO2/c1-10-8-13(19)3-4-14(10)15-5-6-20-17-11(2)7-12(18(21)22)9-16(15)17/h3-9H,1-2H3,(H,21,22). The number of carboxylic acids is 1. The fourth-order valence-corrected chi connectivity index (χ4v) is 2.95.